The van der Waals surface area contributed by atoms with Crippen molar-refractivity contribution in [2.75, 3.05) is 31.1 Å². The van der Waals surface area contributed by atoms with E-state index in [2.05, 4.69) is 57.0 Å². The van der Waals surface area contributed by atoms with Crippen molar-refractivity contribution in [3.05, 3.63) is 72.1 Å². The average molecular weight is 469 g/mol. The van der Waals surface area contributed by atoms with Crippen molar-refractivity contribution < 1.29 is 4.52 Å². The number of aryl methyl sites for hydroxylation is 1. The summed E-state index contributed by atoms with van der Waals surface area (Å²) in [6, 6.07) is 10.1. The standard InChI is InChI=1S/C24H24N10O/c1-16-29-23(35-32-16)18-2-3-20-21(11-18)31-22(30-20)12-19-10-17(4-5-26-19)13-33-6-8-34(9-7-33)24-27-14-25-15-28-24/h2-5,10-11,14-15H,6-9,12-13H2,1H3,(H,30,31). The lowest BCUT2D eigenvalue weighted by Crippen LogP contribution is -2.46. The third-order valence-corrected chi connectivity index (χ3v) is 6.08. The minimum absolute atomic E-state index is 0.504. The first-order valence-electron chi connectivity index (χ1n) is 11.5. The molecule has 0 unspecified atom stereocenters. The van der Waals surface area contributed by atoms with Crippen molar-refractivity contribution in [1.29, 1.82) is 0 Å². The van der Waals surface area contributed by atoms with Crippen LogP contribution in [0.3, 0.4) is 0 Å². The third-order valence-electron chi connectivity index (χ3n) is 6.08. The zero-order valence-electron chi connectivity index (χ0n) is 19.3. The molecule has 1 aliphatic heterocycles. The number of rotatable bonds is 6. The van der Waals surface area contributed by atoms with Crippen molar-refractivity contribution in [3.63, 3.8) is 0 Å². The number of imidazole rings is 1. The number of anilines is 1. The maximum atomic E-state index is 5.28. The highest BCUT2D eigenvalue weighted by atomic mass is 16.5. The molecule has 1 N–H and O–H groups in total. The Labute approximate surface area is 201 Å². The lowest BCUT2D eigenvalue weighted by Gasteiger charge is -2.34. The van der Waals surface area contributed by atoms with E-state index in [1.807, 2.05) is 24.4 Å². The molecule has 35 heavy (non-hydrogen) atoms. The largest absolute Gasteiger partial charge is 0.342 e. The van der Waals surface area contributed by atoms with Gasteiger partial charge in [0, 0.05) is 56.6 Å². The Morgan fingerprint density at radius 2 is 1.83 bits per heavy atom. The molecule has 0 saturated carbocycles. The van der Waals surface area contributed by atoms with Crippen LogP contribution in [-0.4, -0.2) is 71.1 Å². The van der Waals surface area contributed by atoms with Crippen LogP contribution in [0.25, 0.3) is 22.5 Å². The quantitative estimate of drug-likeness (QED) is 0.397. The summed E-state index contributed by atoms with van der Waals surface area (Å²) in [5.74, 6) is 2.73. The molecular formula is C24H24N10O. The second-order valence-electron chi connectivity index (χ2n) is 8.60. The molecule has 1 aromatic carbocycles. The Balaban J connectivity index is 1.11. The van der Waals surface area contributed by atoms with Crippen LogP contribution in [0.5, 0.6) is 0 Å². The lowest BCUT2D eigenvalue weighted by atomic mass is 10.1. The number of piperazine rings is 1. The fraction of sp³-hybridized carbons (Fsp3) is 0.292. The van der Waals surface area contributed by atoms with Gasteiger partial charge in [0.2, 0.25) is 5.95 Å². The Morgan fingerprint density at radius 1 is 0.971 bits per heavy atom. The molecule has 11 heteroatoms. The molecule has 0 amide bonds. The van der Waals surface area contributed by atoms with Crippen molar-refractivity contribution in [1.82, 2.24) is 44.9 Å². The number of hydrogen-bond donors (Lipinski definition) is 1. The van der Waals surface area contributed by atoms with Gasteiger partial charge in [0.15, 0.2) is 5.82 Å². The van der Waals surface area contributed by atoms with Gasteiger partial charge in [0.05, 0.1) is 11.0 Å². The highest BCUT2D eigenvalue weighted by Crippen LogP contribution is 2.23. The van der Waals surface area contributed by atoms with Gasteiger partial charge in [-0.3, -0.25) is 9.88 Å². The molecule has 1 aliphatic rings. The number of aromatic nitrogens is 8. The van der Waals surface area contributed by atoms with Gasteiger partial charge in [-0.05, 0) is 42.8 Å². The van der Waals surface area contributed by atoms with E-state index in [0.29, 0.717) is 18.1 Å². The number of aromatic amines is 1. The summed E-state index contributed by atoms with van der Waals surface area (Å²) in [5.41, 5.74) is 4.92. The highest BCUT2D eigenvalue weighted by molar-refractivity contribution is 5.80. The normalized spacial score (nSPS) is 14.6. The van der Waals surface area contributed by atoms with Gasteiger partial charge in [-0.1, -0.05) is 5.16 Å². The van der Waals surface area contributed by atoms with Crippen LogP contribution in [0.4, 0.5) is 5.95 Å². The molecule has 176 valence electrons. The molecule has 11 nitrogen and oxygen atoms in total. The maximum absolute atomic E-state index is 5.28. The highest BCUT2D eigenvalue weighted by Gasteiger charge is 2.19. The van der Waals surface area contributed by atoms with Gasteiger partial charge in [-0.2, -0.15) is 4.98 Å². The molecule has 1 saturated heterocycles. The monoisotopic (exact) mass is 468 g/mol. The molecule has 5 aromatic rings. The third kappa shape index (κ3) is 4.71. The summed E-state index contributed by atoms with van der Waals surface area (Å²) in [6.07, 6.45) is 5.60. The molecule has 0 spiro atoms. The van der Waals surface area contributed by atoms with Crippen molar-refractivity contribution in [3.8, 4) is 11.5 Å². The van der Waals surface area contributed by atoms with Crippen LogP contribution in [-0.2, 0) is 13.0 Å². The lowest BCUT2D eigenvalue weighted by molar-refractivity contribution is 0.248. The Kier molecular flexibility index (Phi) is 5.59. The van der Waals surface area contributed by atoms with E-state index in [-0.39, 0.29) is 0 Å². The minimum atomic E-state index is 0.504. The van der Waals surface area contributed by atoms with Crippen LogP contribution in [0.1, 0.15) is 22.9 Å². The van der Waals surface area contributed by atoms with Gasteiger partial charge in [-0.25, -0.2) is 19.9 Å². The molecule has 6 rings (SSSR count). The van der Waals surface area contributed by atoms with Gasteiger partial charge in [0.25, 0.3) is 5.89 Å². The summed E-state index contributed by atoms with van der Waals surface area (Å²) >= 11 is 0. The van der Waals surface area contributed by atoms with Crippen molar-refractivity contribution >= 4 is 17.0 Å². The number of fused-ring (bicyclic) bond motifs is 1. The molecule has 0 aliphatic carbocycles. The summed E-state index contributed by atoms with van der Waals surface area (Å²) in [5, 5.41) is 3.87. The van der Waals surface area contributed by atoms with Crippen LogP contribution in [0.2, 0.25) is 0 Å². The first-order valence-corrected chi connectivity index (χ1v) is 11.5. The van der Waals surface area contributed by atoms with Crippen LogP contribution < -0.4 is 4.90 Å². The zero-order chi connectivity index (χ0) is 23.6. The topological polar surface area (TPSA) is 126 Å². The molecule has 0 radical (unpaired) electrons. The summed E-state index contributed by atoms with van der Waals surface area (Å²) in [7, 11) is 0. The maximum Gasteiger partial charge on any atom is 0.257 e. The van der Waals surface area contributed by atoms with E-state index in [0.717, 1.165) is 66.8 Å². The van der Waals surface area contributed by atoms with E-state index in [1.54, 1.807) is 19.6 Å². The van der Waals surface area contributed by atoms with E-state index >= 15 is 0 Å². The van der Waals surface area contributed by atoms with Crippen LogP contribution >= 0.6 is 0 Å². The first-order chi connectivity index (χ1) is 17.2. The smallest absolute Gasteiger partial charge is 0.257 e. The Bertz CT molecular complexity index is 1440. The number of H-pyrrole nitrogens is 1. The number of hydrogen-bond acceptors (Lipinski definition) is 10. The second-order valence-corrected chi connectivity index (χ2v) is 8.60. The first kappa shape index (κ1) is 21.3. The average Bonchev–Trinajstić information content (AvgIpc) is 3.50. The fourth-order valence-electron chi connectivity index (χ4n) is 4.35. The molecule has 5 heterocycles. The Morgan fingerprint density at radius 3 is 2.63 bits per heavy atom. The van der Waals surface area contributed by atoms with Crippen LogP contribution in [0.15, 0.2) is 53.7 Å². The number of nitrogens with zero attached hydrogens (tertiary/aromatic N) is 9. The SMILES string of the molecule is Cc1noc(-c2ccc3nc(Cc4cc(CN5CCN(c6ncncn6)CC5)ccn4)[nH]c3c2)n1. The summed E-state index contributed by atoms with van der Waals surface area (Å²) < 4.78 is 5.28. The molecule has 4 aromatic heterocycles. The summed E-state index contributed by atoms with van der Waals surface area (Å²) in [6.45, 7) is 6.38. The van der Waals surface area contributed by atoms with Crippen molar-refractivity contribution in [2.24, 2.45) is 0 Å². The summed E-state index contributed by atoms with van der Waals surface area (Å²) in [4.78, 5) is 34.1. The zero-order valence-corrected chi connectivity index (χ0v) is 19.3. The number of nitrogens with one attached hydrogen (secondary N) is 1. The van der Waals surface area contributed by atoms with Crippen molar-refractivity contribution in [2.45, 2.75) is 19.9 Å². The minimum Gasteiger partial charge on any atom is -0.342 e. The second kappa shape index (κ2) is 9.18. The van der Waals surface area contributed by atoms with Gasteiger partial charge in [0.1, 0.15) is 18.5 Å². The van der Waals surface area contributed by atoms with Gasteiger partial charge < -0.3 is 14.4 Å². The molecule has 1 fully saturated rings. The van der Waals surface area contributed by atoms with E-state index in [1.165, 1.54) is 5.56 Å². The van der Waals surface area contributed by atoms with E-state index in [4.69, 9.17) is 9.51 Å². The number of pyridine rings is 1. The predicted octanol–water partition coefficient (Wildman–Crippen LogP) is 2.41. The van der Waals surface area contributed by atoms with Gasteiger partial charge >= 0.3 is 0 Å². The molecule has 0 bridgehead atoms. The van der Waals surface area contributed by atoms with Gasteiger partial charge in [-0.15, -0.1) is 0 Å². The fourth-order valence-corrected chi connectivity index (χ4v) is 4.35. The number of benzene rings is 1. The molecular weight excluding hydrogens is 444 g/mol. The Hall–Kier alpha value is -4.25. The molecule has 0 atom stereocenters. The predicted molar refractivity (Wildman–Crippen MR) is 128 cm³/mol. The van der Waals surface area contributed by atoms with E-state index in [9.17, 15) is 0 Å². The van der Waals surface area contributed by atoms with Crippen LogP contribution in [0, 0.1) is 6.92 Å². The van der Waals surface area contributed by atoms with E-state index < -0.39 is 0 Å².